The second-order valence-corrected chi connectivity index (χ2v) is 6.78. The van der Waals surface area contributed by atoms with Crippen molar-refractivity contribution in [3.05, 3.63) is 47.3 Å². The summed E-state index contributed by atoms with van der Waals surface area (Å²) in [7, 11) is 1.69. The highest BCUT2D eigenvalue weighted by Gasteiger charge is 2.28. The van der Waals surface area contributed by atoms with Gasteiger partial charge in [0.2, 0.25) is 0 Å². The van der Waals surface area contributed by atoms with Crippen LogP contribution in [0.3, 0.4) is 0 Å². The number of rotatable bonds is 4. The van der Waals surface area contributed by atoms with Crippen LogP contribution in [-0.4, -0.2) is 35.0 Å². The number of ether oxygens (including phenoxy) is 1. The van der Waals surface area contributed by atoms with Gasteiger partial charge in [0.15, 0.2) is 0 Å². The number of methoxy groups -OCH3 is 1. The molecule has 0 atom stereocenters. The number of hydrogen-bond donors (Lipinski definition) is 0. The van der Waals surface area contributed by atoms with E-state index in [4.69, 9.17) is 4.74 Å². The van der Waals surface area contributed by atoms with Crippen LogP contribution in [0.15, 0.2) is 47.3 Å². The zero-order valence-electron chi connectivity index (χ0n) is 12.8. The Kier molecular flexibility index (Phi) is 3.69. The zero-order valence-corrected chi connectivity index (χ0v) is 14.4. The van der Waals surface area contributed by atoms with Gasteiger partial charge in [0.1, 0.15) is 5.75 Å². The van der Waals surface area contributed by atoms with Crippen LogP contribution in [0.1, 0.15) is 0 Å². The molecular formula is C17H17BrN4O. The molecule has 5 nitrogen and oxygen atoms in total. The predicted molar refractivity (Wildman–Crippen MR) is 93.9 cm³/mol. The molecule has 4 rings (SSSR count). The lowest BCUT2D eigenvalue weighted by Crippen LogP contribution is -2.48. The van der Waals surface area contributed by atoms with E-state index >= 15 is 0 Å². The molecule has 0 bridgehead atoms. The van der Waals surface area contributed by atoms with Crippen LogP contribution < -0.4 is 9.64 Å². The third-order valence-corrected chi connectivity index (χ3v) is 4.68. The lowest BCUT2D eigenvalue weighted by atomic mass is 9.98. The standard InChI is InChI=1S/C17H17BrN4O/c1-23-14-2-3-16-15(6-14)17(4-5-19-16)21-8-12(9-21)10-22-11-13(18)7-20-22/h2-7,11-12H,8-10H2,1H3. The number of hydrogen-bond acceptors (Lipinski definition) is 4. The second-order valence-electron chi connectivity index (χ2n) is 5.86. The number of pyridine rings is 1. The lowest BCUT2D eigenvalue weighted by Gasteiger charge is -2.41. The average Bonchev–Trinajstić information content (AvgIpc) is 2.95. The Hall–Kier alpha value is -2.08. The number of anilines is 1. The van der Waals surface area contributed by atoms with Gasteiger partial charge in [0.25, 0.3) is 0 Å². The normalized spacial score (nSPS) is 15.0. The van der Waals surface area contributed by atoms with Gasteiger partial charge in [-0.3, -0.25) is 9.67 Å². The predicted octanol–water partition coefficient (Wildman–Crippen LogP) is 3.34. The van der Waals surface area contributed by atoms with E-state index in [9.17, 15) is 0 Å². The van der Waals surface area contributed by atoms with Gasteiger partial charge in [0, 0.05) is 49.0 Å². The molecule has 23 heavy (non-hydrogen) atoms. The van der Waals surface area contributed by atoms with Crippen LogP contribution in [0.4, 0.5) is 5.69 Å². The number of fused-ring (bicyclic) bond motifs is 1. The molecule has 118 valence electrons. The molecule has 3 aromatic rings. The molecular weight excluding hydrogens is 356 g/mol. The van der Waals surface area contributed by atoms with Crippen molar-refractivity contribution < 1.29 is 4.74 Å². The van der Waals surface area contributed by atoms with Crippen LogP contribution in [0.5, 0.6) is 5.75 Å². The fraction of sp³-hybridized carbons (Fsp3) is 0.294. The molecule has 0 aliphatic carbocycles. The molecule has 0 N–H and O–H groups in total. The number of benzene rings is 1. The minimum absolute atomic E-state index is 0.621. The van der Waals surface area contributed by atoms with Gasteiger partial charge < -0.3 is 9.64 Å². The maximum Gasteiger partial charge on any atom is 0.119 e. The molecule has 2 aromatic heterocycles. The van der Waals surface area contributed by atoms with Crippen molar-refractivity contribution in [3.63, 3.8) is 0 Å². The van der Waals surface area contributed by atoms with Crippen LogP contribution in [0, 0.1) is 5.92 Å². The van der Waals surface area contributed by atoms with Crippen molar-refractivity contribution >= 4 is 32.5 Å². The van der Waals surface area contributed by atoms with Crippen molar-refractivity contribution in [2.75, 3.05) is 25.1 Å². The molecule has 0 spiro atoms. The summed E-state index contributed by atoms with van der Waals surface area (Å²) in [4.78, 5) is 6.84. The van der Waals surface area contributed by atoms with Crippen molar-refractivity contribution in [1.29, 1.82) is 0 Å². The van der Waals surface area contributed by atoms with Gasteiger partial charge in [-0.15, -0.1) is 0 Å². The van der Waals surface area contributed by atoms with E-state index in [1.54, 1.807) is 7.11 Å². The first kappa shape index (κ1) is 14.5. The van der Waals surface area contributed by atoms with Gasteiger partial charge in [-0.1, -0.05) is 0 Å². The highest BCUT2D eigenvalue weighted by Crippen LogP contribution is 2.33. The molecule has 1 aliphatic heterocycles. The molecule has 3 heterocycles. The minimum atomic E-state index is 0.621. The summed E-state index contributed by atoms with van der Waals surface area (Å²) in [6.07, 6.45) is 5.73. The van der Waals surface area contributed by atoms with Gasteiger partial charge in [-0.2, -0.15) is 5.10 Å². The van der Waals surface area contributed by atoms with E-state index in [1.807, 2.05) is 35.4 Å². The molecule has 6 heteroatoms. The molecule has 1 aromatic carbocycles. The largest absolute Gasteiger partial charge is 0.497 e. The fourth-order valence-corrected chi connectivity index (χ4v) is 3.43. The third kappa shape index (κ3) is 2.79. The van der Waals surface area contributed by atoms with Crippen LogP contribution in [0.2, 0.25) is 0 Å². The highest BCUT2D eigenvalue weighted by atomic mass is 79.9. The van der Waals surface area contributed by atoms with E-state index in [0.29, 0.717) is 5.92 Å². The quantitative estimate of drug-likeness (QED) is 0.704. The summed E-state index contributed by atoms with van der Waals surface area (Å²) in [5.74, 6) is 1.49. The number of halogens is 1. The Labute approximate surface area is 143 Å². The average molecular weight is 373 g/mol. The van der Waals surface area contributed by atoms with Crippen LogP contribution >= 0.6 is 15.9 Å². The molecule has 0 unspecified atom stereocenters. The Bertz CT molecular complexity index is 841. The first-order valence-corrected chi connectivity index (χ1v) is 8.38. The Balaban J connectivity index is 1.52. The van der Waals surface area contributed by atoms with Gasteiger partial charge >= 0.3 is 0 Å². The summed E-state index contributed by atoms with van der Waals surface area (Å²) in [6, 6.07) is 8.11. The first-order valence-electron chi connectivity index (χ1n) is 7.58. The Morgan fingerprint density at radius 1 is 1.30 bits per heavy atom. The number of aromatic nitrogens is 3. The molecule has 1 aliphatic rings. The summed E-state index contributed by atoms with van der Waals surface area (Å²) in [6.45, 7) is 3.02. The smallest absolute Gasteiger partial charge is 0.119 e. The summed E-state index contributed by atoms with van der Waals surface area (Å²) >= 11 is 3.44. The molecule has 1 fully saturated rings. The Morgan fingerprint density at radius 2 is 2.17 bits per heavy atom. The van der Waals surface area contributed by atoms with Crippen LogP contribution in [-0.2, 0) is 6.54 Å². The third-order valence-electron chi connectivity index (χ3n) is 4.27. The molecule has 0 amide bonds. The summed E-state index contributed by atoms with van der Waals surface area (Å²) < 4.78 is 8.38. The maximum absolute atomic E-state index is 5.35. The van der Waals surface area contributed by atoms with Gasteiger partial charge in [0.05, 0.1) is 23.3 Å². The first-order chi connectivity index (χ1) is 11.2. The zero-order chi connectivity index (χ0) is 15.8. The summed E-state index contributed by atoms with van der Waals surface area (Å²) in [5.41, 5.74) is 2.23. The maximum atomic E-state index is 5.35. The van der Waals surface area contributed by atoms with Gasteiger partial charge in [-0.25, -0.2) is 0 Å². The van der Waals surface area contributed by atoms with E-state index in [0.717, 1.165) is 40.8 Å². The number of nitrogens with zero attached hydrogens (tertiary/aromatic N) is 4. The van der Waals surface area contributed by atoms with E-state index < -0.39 is 0 Å². The molecule has 1 saturated heterocycles. The molecule has 0 radical (unpaired) electrons. The Morgan fingerprint density at radius 3 is 2.91 bits per heavy atom. The van der Waals surface area contributed by atoms with Crippen LogP contribution in [0.25, 0.3) is 10.9 Å². The van der Waals surface area contributed by atoms with E-state index in [1.165, 1.54) is 5.69 Å². The topological polar surface area (TPSA) is 43.2 Å². The summed E-state index contributed by atoms with van der Waals surface area (Å²) in [5, 5.41) is 5.48. The SMILES string of the molecule is COc1ccc2nccc(N3CC(Cn4cc(Br)cn4)C3)c2c1. The van der Waals surface area contributed by atoms with Gasteiger partial charge in [-0.05, 0) is 40.2 Å². The van der Waals surface area contributed by atoms with Crippen molar-refractivity contribution in [3.8, 4) is 5.75 Å². The molecule has 0 saturated carbocycles. The van der Waals surface area contributed by atoms with E-state index in [2.05, 4.69) is 43.0 Å². The van der Waals surface area contributed by atoms with E-state index in [-0.39, 0.29) is 0 Å². The van der Waals surface area contributed by atoms with Crippen molar-refractivity contribution in [2.45, 2.75) is 6.54 Å². The van der Waals surface area contributed by atoms with Crippen molar-refractivity contribution in [2.24, 2.45) is 5.92 Å². The minimum Gasteiger partial charge on any atom is -0.497 e. The second kappa shape index (κ2) is 5.85. The highest BCUT2D eigenvalue weighted by molar-refractivity contribution is 9.10. The fourth-order valence-electron chi connectivity index (χ4n) is 3.10. The lowest BCUT2D eigenvalue weighted by molar-refractivity contribution is 0.343. The van der Waals surface area contributed by atoms with Crippen molar-refractivity contribution in [1.82, 2.24) is 14.8 Å². The monoisotopic (exact) mass is 372 g/mol.